The van der Waals surface area contributed by atoms with E-state index >= 15 is 0 Å². The van der Waals surface area contributed by atoms with Crippen LogP contribution >= 0.6 is 11.6 Å². The second kappa shape index (κ2) is 3.47. The van der Waals surface area contributed by atoms with Gasteiger partial charge in [-0.15, -0.1) is 0 Å². The van der Waals surface area contributed by atoms with E-state index in [-0.39, 0.29) is 11.2 Å². The molecule has 1 aromatic heterocycles. The fourth-order valence-corrected chi connectivity index (χ4v) is 1.55. The minimum Gasteiger partial charge on any atom is -0.383 e. The molecular formula is C10H12ClN3. The molecule has 0 atom stereocenters. The van der Waals surface area contributed by atoms with Crippen molar-refractivity contribution in [1.29, 1.82) is 5.26 Å². The highest BCUT2D eigenvalue weighted by molar-refractivity contribution is 6.31. The van der Waals surface area contributed by atoms with E-state index in [0.29, 0.717) is 10.6 Å². The van der Waals surface area contributed by atoms with Gasteiger partial charge in [0.25, 0.3) is 0 Å². The van der Waals surface area contributed by atoms with Crippen LogP contribution in [-0.4, -0.2) is 4.98 Å². The van der Waals surface area contributed by atoms with Crippen molar-refractivity contribution < 1.29 is 0 Å². The molecule has 2 N–H and O–H groups in total. The molecule has 0 aliphatic carbocycles. The number of hydrogen-bond acceptors (Lipinski definition) is 3. The summed E-state index contributed by atoms with van der Waals surface area (Å²) in [6, 6.07) is 3.50. The molecule has 1 aromatic rings. The van der Waals surface area contributed by atoms with E-state index in [2.05, 4.69) is 4.98 Å². The maximum atomic E-state index is 8.71. The summed E-state index contributed by atoms with van der Waals surface area (Å²) in [7, 11) is 0. The fraction of sp³-hybridized carbons (Fsp3) is 0.400. The first kappa shape index (κ1) is 10.8. The Morgan fingerprint density at radius 3 is 2.50 bits per heavy atom. The Balaban J connectivity index is 3.38. The summed E-state index contributed by atoms with van der Waals surface area (Å²) in [4.78, 5) is 4.14. The van der Waals surface area contributed by atoms with E-state index in [0.717, 1.165) is 5.69 Å². The number of hydrogen-bond donors (Lipinski definition) is 1. The molecule has 0 unspecified atom stereocenters. The van der Waals surface area contributed by atoms with Crippen molar-refractivity contribution in [2.45, 2.75) is 26.2 Å². The molecule has 0 saturated carbocycles. The van der Waals surface area contributed by atoms with Crippen LogP contribution in [0.1, 0.15) is 32.0 Å². The molecule has 0 bridgehead atoms. The number of nitriles is 1. The van der Waals surface area contributed by atoms with E-state index in [4.69, 9.17) is 22.6 Å². The van der Waals surface area contributed by atoms with Gasteiger partial charge in [-0.2, -0.15) is 5.26 Å². The monoisotopic (exact) mass is 209 g/mol. The molecule has 74 valence electrons. The van der Waals surface area contributed by atoms with Gasteiger partial charge in [0.2, 0.25) is 0 Å². The van der Waals surface area contributed by atoms with Gasteiger partial charge in [-0.1, -0.05) is 32.4 Å². The molecule has 0 saturated heterocycles. The maximum absolute atomic E-state index is 8.71. The van der Waals surface area contributed by atoms with Gasteiger partial charge in [0.15, 0.2) is 0 Å². The lowest BCUT2D eigenvalue weighted by atomic mass is 9.91. The third-order valence-corrected chi connectivity index (χ3v) is 2.12. The van der Waals surface area contributed by atoms with Gasteiger partial charge in [-0.25, -0.2) is 4.98 Å². The molecule has 1 heterocycles. The maximum Gasteiger partial charge on any atom is 0.141 e. The summed E-state index contributed by atoms with van der Waals surface area (Å²) in [5.41, 5.74) is 6.48. The summed E-state index contributed by atoms with van der Waals surface area (Å²) in [6.07, 6.45) is 0. The number of halogens is 1. The Bertz CT molecular complexity index is 399. The Morgan fingerprint density at radius 2 is 2.07 bits per heavy atom. The molecule has 0 radical (unpaired) electrons. The number of anilines is 1. The molecule has 3 nitrogen and oxygen atoms in total. The van der Waals surface area contributed by atoms with Crippen LogP contribution in [-0.2, 0) is 5.41 Å². The van der Waals surface area contributed by atoms with E-state index in [1.165, 1.54) is 0 Å². The molecule has 0 aliphatic rings. The molecule has 0 aliphatic heterocycles. The molecule has 0 spiro atoms. The van der Waals surface area contributed by atoms with E-state index < -0.39 is 0 Å². The number of aromatic nitrogens is 1. The van der Waals surface area contributed by atoms with Gasteiger partial charge in [0.1, 0.15) is 11.9 Å². The highest BCUT2D eigenvalue weighted by Gasteiger charge is 2.20. The van der Waals surface area contributed by atoms with Crippen molar-refractivity contribution in [3.05, 3.63) is 22.3 Å². The minimum atomic E-state index is -0.167. The van der Waals surface area contributed by atoms with E-state index in [9.17, 15) is 0 Å². The summed E-state index contributed by atoms with van der Waals surface area (Å²) in [5.74, 6) is 0.238. The van der Waals surface area contributed by atoms with Crippen LogP contribution in [0.5, 0.6) is 0 Å². The third kappa shape index (κ3) is 1.97. The summed E-state index contributed by atoms with van der Waals surface area (Å²) < 4.78 is 0. The largest absolute Gasteiger partial charge is 0.383 e. The van der Waals surface area contributed by atoms with Crippen molar-refractivity contribution in [3.8, 4) is 6.07 Å². The second-order valence-corrected chi connectivity index (χ2v) is 4.52. The first-order chi connectivity index (χ1) is 6.36. The van der Waals surface area contributed by atoms with Crippen LogP contribution in [0.15, 0.2) is 6.07 Å². The first-order valence-corrected chi connectivity index (χ1v) is 4.60. The van der Waals surface area contributed by atoms with Gasteiger partial charge in [0.05, 0.1) is 16.3 Å². The van der Waals surface area contributed by atoms with Crippen molar-refractivity contribution in [2.75, 3.05) is 5.73 Å². The Hall–Kier alpha value is -1.27. The zero-order chi connectivity index (χ0) is 10.9. The molecule has 4 heteroatoms. The summed E-state index contributed by atoms with van der Waals surface area (Å²) in [6.45, 7) is 5.98. The summed E-state index contributed by atoms with van der Waals surface area (Å²) in [5, 5.41) is 9.20. The van der Waals surface area contributed by atoms with Gasteiger partial charge in [-0.05, 0) is 6.07 Å². The number of nitrogens with two attached hydrogens (primary N) is 1. The number of nitrogen functional groups attached to an aromatic ring is 1. The Kier molecular flexibility index (Phi) is 2.68. The Morgan fingerprint density at radius 1 is 1.50 bits per heavy atom. The topological polar surface area (TPSA) is 62.7 Å². The second-order valence-electron chi connectivity index (χ2n) is 4.11. The predicted octanol–water partition coefficient (Wildman–Crippen LogP) is 2.49. The van der Waals surface area contributed by atoms with Crippen molar-refractivity contribution in [3.63, 3.8) is 0 Å². The van der Waals surface area contributed by atoms with E-state index in [1.54, 1.807) is 6.07 Å². The fourth-order valence-electron chi connectivity index (χ4n) is 1.12. The smallest absolute Gasteiger partial charge is 0.141 e. The van der Waals surface area contributed by atoms with Crippen LogP contribution in [0.2, 0.25) is 5.02 Å². The average Bonchev–Trinajstić information content (AvgIpc) is 2.06. The zero-order valence-corrected chi connectivity index (χ0v) is 9.18. The number of pyridine rings is 1. The lowest BCUT2D eigenvalue weighted by molar-refractivity contribution is 0.570. The van der Waals surface area contributed by atoms with Crippen LogP contribution < -0.4 is 5.73 Å². The first-order valence-electron chi connectivity index (χ1n) is 4.23. The highest BCUT2D eigenvalue weighted by atomic mass is 35.5. The number of rotatable bonds is 0. The Labute approximate surface area is 88.5 Å². The molecular weight excluding hydrogens is 198 g/mol. The zero-order valence-electron chi connectivity index (χ0n) is 8.43. The molecule has 1 rings (SSSR count). The minimum absolute atomic E-state index is 0.167. The SMILES string of the molecule is CC(C)(C)c1nc(N)c(C#N)cc1Cl. The highest BCUT2D eigenvalue weighted by Crippen LogP contribution is 2.29. The molecule has 14 heavy (non-hydrogen) atoms. The van der Waals surface area contributed by atoms with Crippen molar-refractivity contribution >= 4 is 17.4 Å². The van der Waals surface area contributed by atoms with E-state index in [1.807, 2.05) is 26.8 Å². The quantitative estimate of drug-likeness (QED) is 0.714. The van der Waals surface area contributed by atoms with Crippen molar-refractivity contribution in [2.24, 2.45) is 0 Å². The van der Waals surface area contributed by atoms with Crippen LogP contribution in [0.4, 0.5) is 5.82 Å². The van der Waals surface area contributed by atoms with Gasteiger partial charge < -0.3 is 5.73 Å². The van der Waals surface area contributed by atoms with Crippen LogP contribution in [0, 0.1) is 11.3 Å². The van der Waals surface area contributed by atoms with Gasteiger partial charge in [0, 0.05) is 5.41 Å². The van der Waals surface area contributed by atoms with Crippen molar-refractivity contribution in [1.82, 2.24) is 4.98 Å². The van der Waals surface area contributed by atoms with Gasteiger partial charge in [-0.3, -0.25) is 0 Å². The standard InChI is InChI=1S/C10H12ClN3/c1-10(2,3)8-7(11)4-6(5-12)9(13)14-8/h4H,1-3H3,(H2,13,14). The molecule has 0 fully saturated rings. The average molecular weight is 210 g/mol. The van der Waals surface area contributed by atoms with Crippen LogP contribution in [0.3, 0.4) is 0 Å². The van der Waals surface area contributed by atoms with Crippen LogP contribution in [0.25, 0.3) is 0 Å². The predicted molar refractivity (Wildman–Crippen MR) is 57.1 cm³/mol. The normalized spacial score (nSPS) is 11.1. The lowest BCUT2D eigenvalue weighted by Gasteiger charge is -2.19. The molecule has 0 amide bonds. The van der Waals surface area contributed by atoms with Gasteiger partial charge >= 0.3 is 0 Å². The summed E-state index contributed by atoms with van der Waals surface area (Å²) >= 11 is 6.00. The lowest BCUT2D eigenvalue weighted by Crippen LogP contribution is -2.15. The molecule has 0 aromatic carbocycles. The third-order valence-electron chi connectivity index (χ3n) is 1.84. The number of nitrogens with zero attached hydrogens (tertiary/aromatic N) is 2.